The van der Waals surface area contributed by atoms with Gasteiger partial charge in [0.1, 0.15) is 11.6 Å². The van der Waals surface area contributed by atoms with Crippen LogP contribution in [0.5, 0.6) is 0 Å². The summed E-state index contributed by atoms with van der Waals surface area (Å²) in [4.78, 5) is 8.16. The van der Waals surface area contributed by atoms with E-state index in [4.69, 9.17) is 11.6 Å². The zero-order chi connectivity index (χ0) is 13.0. The van der Waals surface area contributed by atoms with Crippen molar-refractivity contribution in [1.82, 2.24) is 9.97 Å². The van der Waals surface area contributed by atoms with Gasteiger partial charge >= 0.3 is 0 Å². The molecule has 1 aromatic rings. The monoisotopic (exact) mass is 268 g/mol. The van der Waals surface area contributed by atoms with Gasteiger partial charge in [0.15, 0.2) is 0 Å². The fourth-order valence-corrected chi connectivity index (χ4v) is 3.51. The highest BCUT2D eigenvalue weighted by atomic mass is 32.2. The van der Waals surface area contributed by atoms with E-state index in [9.17, 15) is 0 Å². The molecule has 18 heavy (non-hydrogen) atoms. The number of rotatable bonds is 5. The molecular weight excluding hydrogens is 248 g/mol. The Balaban J connectivity index is 2.06. The van der Waals surface area contributed by atoms with E-state index in [1.165, 1.54) is 19.3 Å². The Morgan fingerprint density at radius 2 is 2.17 bits per heavy atom. The van der Waals surface area contributed by atoms with Crippen molar-refractivity contribution in [3.63, 3.8) is 0 Å². The molecule has 2 rings (SSSR count). The number of nitrogens with two attached hydrogens (primary N) is 2. The Hall–Kier alpha value is -1.21. The first kappa shape index (κ1) is 13.2. The quantitative estimate of drug-likeness (QED) is 0.473. The molecule has 6 nitrogen and oxygen atoms in total. The second-order valence-corrected chi connectivity index (χ2v) is 5.83. The maximum atomic E-state index is 5.64. The highest BCUT2D eigenvalue weighted by molar-refractivity contribution is 7.99. The Labute approximate surface area is 111 Å². The normalized spacial score (nSPS) is 23.0. The molecule has 1 aromatic heterocycles. The van der Waals surface area contributed by atoms with Gasteiger partial charge in [0.05, 0.1) is 0 Å². The molecule has 0 radical (unpaired) electrons. The lowest BCUT2D eigenvalue weighted by Crippen LogP contribution is -2.27. The third-order valence-corrected chi connectivity index (χ3v) is 4.38. The summed E-state index contributed by atoms with van der Waals surface area (Å²) in [7, 11) is 0. The Morgan fingerprint density at radius 3 is 2.89 bits per heavy atom. The predicted molar refractivity (Wildman–Crippen MR) is 77.4 cm³/mol. The lowest BCUT2D eigenvalue weighted by atomic mass is 10.2. The molecule has 6 N–H and O–H groups in total. The summed E-state index contributed by atoms with van der Waals surface area (Å²) in [6, 6.07) is 2.23. The van der Waals surface area contributed by atoms with Crippen LogP contribution in [0.4, 0.5) is 17.6 Å². The largest absolute Gasteiger partial charge is 0.368 e. The molecule has 1 aliphatic rings. The van der Waals surface area contributed by atoms with Crippen LogP contribution < -0.4 is 22.3 Å². The van der Waals surface area contributed by atoms with Crippen LogP contribution in [0.1, 0.15) is 26.2 Å². The third kappa shape index (κ3) is 3.17. The second kappa shape index (κ2) is 6.10. The Bertz CT molecular complexity index is 399. The van der Waals surface area contributed by atoms with E-state index < -0.39 is 0 Å². The third-order valence-electron chi connectivity index (χ3n) is 3.06. The lowest BCUT2D eigenvalue weighted by Gasteiger charge is -2.21. The number of anilines is 3. The van der Waals surface area contributed by atoms with Crippen LogP contribution in [0.15, 0.2) is 6.07 Å². The maximum absolute atomic E-state index is 5.64. The highest BCUT2D eigenvalue weighted by Gasteiger charge is 2.27. The molecule has 1 aliphatic carbocycles. The van der Waals surface area contributed by atoms with Gasteiger partial charge in [-0.3, -0.25) is 0 Å². The van der Waals surface area contributed by atoms with E-state index in [1.807, 2.05) is 11.8 Å². The summed E-state index contributed by atoms with van der Waals surface area (Å²) in [5.41, 5.74) is 8.13. The van der Waals surface area contributed by atoms with E-state index in [-0.39, 0.29) is 5.95 Å². The van der Waals surface area contributed by atoms with Crippen molar-refractivity contribution in [2.24, 2.45) is 5.84 Å². The summed E-state index contributed by atoms with van der Waals surface area (Å²) in [6.07, 6.45) is 3.70. The zero-order valence-electron chi connectivity index (χ0n) is 10.5. The topological polar surface area (TPSA) is 102 Å². The van der Waals surface area contributed by atoms with Gasteiger partial charge in [0.25, 0.3) is 0 Å². The molecule has 1 heterocycles. The van der Waals surface area contributed by atoms with Crippen molar-refractivity contribution < 1.29 is 0 Å². The van der Waals surface area contributed by atoms with Gasteiger partial charge in [-0.1, -0.05) is 13.3 Å². The van der Waals surface area contributed by atoms with Gasteiger partial charge in [0.2, 0.25) is 5.95 Å². The fraction of sp³-hybridized carbons (Fsp3) is 0.636. The summed E-state index contributed by atoms with van der Waals surface area (Å²) < 4.78 is 0. The average molecular weight is 268 g/mol. The minimum atomic E-state index is 0.227. The first-order chi connectivity index (χ1) is 8.72. The van der Waals surface area contributed by atoms with Gasteiger partial charge in [-0.05, 0) is 18.6 Å². The summed E-state index contributed by atoms with van der Waals surface area (Å²) in [5.74, 6) is 7.98. The number of hydrogen-bond acceptors (Lipinski definition) is 7. The second-order valence-electron chi connectivity index (χ2n) is 4.32. The fourth-order valence-electron chi connectivity index (χ4n) is 2.31. The molecule has 0 amide bonds. The van der Waals surface area contributed by atoms with Crippen molar-refractivity contribution in [2.45, 2.75) is 37.5 Å². The van der Waals surface area contributed by atoms with Crippen LogP contribution in [-0.2, 0) is 0 Å². The maximum Gasteiger partial charge on any atom is 0.223 e. The number of hydrazine groups is 1. The predicted octanol–water partition coefficient (Wildman–Crippen LogP) is 1.43. The van der Waals surface area contributed by atoms with Crippen LogP contribution in [0, 0.1) is 0 Å². The number of aromatic nitrogens is 2. The summed E-state index contributed by atoms with van der Waals surface area (Å²) in [5, 5.41) is 4.10. The smallest absolute Gasteiger partial charge is 0.223 e. The molecule has 0 bridgehead atoms. The summed E-state index contributed by atoms with van der Waals surface area (Å²) in [6.45, 7) is 2.19. The number of nitrogens with one attached hydrogen (secondary N) is 2. The molecular formula is C11H20N6S. The van der Waals surface area contributed by atoms with E-state index in [0.717, 1.165) is 11.6 Å². The Morgan fingerprint density at radius 1 is 1.39 bits per heavy atom. The van der Waals surface area contributed by atoms with E-state index in [1.54, 1.807) is 6.07 Å². The van der Waals surface area contributed by atoms with Crippen molar-refractivity contribution in [3.8, 4) is 0 Å². The molecule has 1 saturated carbocycles. The molecule has 0 saturated heterocycles. The SMILES string of the molecule is CCSC1CCCC1Nc1cc(NN)nc(N)n1. The number of nitrogens with zero attached hydrogens (tertiary/aromatic N) is 2. The van der Waals surface area contributed by atoms with E-state index in [2.05, 4.69) is 27.6 Å². The molecule has 7 heteroatoms. The van der Waals surface area contributed by atoms with E-state index >= 15 is 0 Å². The van der Waals surface area contributed by atoms with Gasteiger partial charge in [-0.25, -0.2) is 5.84 Å². The van der Waals surface area contributed by atoms with Gasteiger partial charge < -0.3 is 16.5 Å². The molecule has 100 valence electrons. The minimum absolute atomic E-state index is 0.227. The van der Waals surface area contributed by atoms with Crippen LogP contribution >= 0.6 is 11.8 Å². The summed E-state index contributed by atoms with van der Waals surface area (Å²) >= 11 is 2.00. The van der Waals surface area contributed by atoms with Crippen LogP contribution in [0.3, 0.4) is 0 Å². The first-order valence-corrected chi connectivity index (χ1v) is 7.27. The molecule has 0 aromatic carbocycles. The standard InChI is InChI=1S/C11H20N6S/c1-2-18-8-5-3-4-7(8)14-9-6-10(17-13)16-11(12)15-9/h6-8H,2-5,13H2,1H3,(H4,12,14,15,16,17). The van der Waals surface area contributed by atoms with Crippen molar-refractivity contribution in [2.75, 3.05) is 22.2 Å². The van der Waals surface area contributed by atoms with Crippen LogP contribution in [-0.4, -0.2) is 27.0 Å². The Kier molecular flexibility index (Phi) is 4.48. The van der Waals surface area contributed by atoms with E-state index in [0.29, 0.717) is 17.1 Å². The van der Waals surface area contributed by atoms with Crippen LogP contribution in [0.25, 0.3) is 0 Å². The van der Waals surface area contributed by atoms with Crippen molar-refractivity contribution in [1.29, 1.82) is 0 Å². The first-order valence-electron chi connectivity index (χ1n) is 6.22. The van der Waals surface area contributed by atoms with Crippen molar-refractivity contribution >= 4 is 29.3 Å². The molecule has 2 atom stereocenters. The van der Waals surface area contributed by atoms with Gasteiger partial charge in [-0.2, -0.15) is 21.7 Å². The molecule has 0 aliphatic heterocycles. The average Bonchev–Trinajstić information content (AvgIpc) is 2.76. The molecule has 2 unspecified atom stereocenters. The number of hydrogen-bond donors (Lipinski definition) is 4. The lowest BCUT2D eigenvalue weighted by molar-refractivity contribution is 0.762. The minimum Gasteiger partial charge on any atom is -0.368 e. The molecule has 0 spiro atoms. The van der Waals surface area contributed by atoms with Crippen LogP contribution in [0.2, 0.25) is 0 Å². The van der Waals surface area contributed by atoms with Gasteiger partial charge in [-0.15, -0.1) is 0 Å². The zero-order valence-corrected chi connectivity index (χ0v) is 11.3. The van der Waals surface area contributed by atoms with Crippen molar-refractivity contribution in [3.05, 3.63) is 6.07 Å². The number of thioether (sulfide) groups is 1. The number of nitrogen functional groups attached to an aromatic ring is 2. The molecule has 1 fully saturated rings. The highest BCUT2D eigenvalue weighted by Crippen LogP contribution is 2.32. The van der Waals surface area contributed by atoms with Gasteiger partial charge in [0, 0.05) is 17.4 Å².